The molecule has 0 bridgehead atoms. The molecule has 0 aliphatic rings. The quantitative estimate of drug-likeness (QED) is 0.463. The number of carbonyl (C=O) groups excluding carboxylic acids is 1. The standard InChI is InChI=1S/C16H16N2O3/c1-2-17(11-13-6-4-3-5-7-13)16-9-8-15(18(20)21)10-14(16)12-19/h3-10,12H,2,11H2,1H3. The molecule has 0 saturated carbocycles. The van der Waals surface area contributed by atoms with E-state index in [-0.39, 0.29) is 5.69 Å². The van der Waals surface area contributed by atoms with E-state index in [1.807, 2.05) is 42.2 Å². The van der Waals surface area contributed by atoms with Crippen LogP contribution >= 0.6 is 0 Å². The molecule has 0 spiro atoms. The van der Waals surface area contributed by atoms with Crippen molar-refractivity contribution < 1.29 is 9.72 Å². The average Bonchev–Trinajstić information content (AvgIpc) is 2.53. The molecule has 0 amide bonds. The van der Waals surface area contributed by atoms with E-state index in [0.717, 1.165) is 5.56 Å². The van der Waals surface area contributed by atoms with E-state index >= 15 is 0 Å². The number of rotatable bonds is 6. The molecule has 0 aliphatic heterocycles. The maximum absolute atomic E-state index is 11.2. The summed E-state index contributed by atoms with van der Waals surface area (Å²) in [7, 11) is 0. The molecule has 0 saturated heterocycles. The van der Waals surface area contributed by atoms with E-state index in [1.165, 1.54) is 12.1 Å². The molecule has 0 radical (unpaired) electrons. The van der Waals surface area contributed by atoms with Gasteiger partial charge in [-0.25, -0.2) is 0 Å². The van der Waals surface area contributed by atoms with Crippen LogP contribution in [0.25, 0.3) is 0 Å². The van der Waals surface area contributed by atoms with Crippen LogP contribution in [0.1, 0.15) is 22.8 Å². The number of aldehydes is 1. The fourth-order valence-corrected chi connectivity index (χ4v) is 2.21. The Morgan fingerprint density at radius 1 is 1.19 bits per heavy atom. The van der Waals surface area contributed by atoms with Crippen molar-refractivity contribution in [1.29, 1.82) is 0 Å². The van der Waals surface area contributed by atoms with Crippen LogP contribution in [0.2, 0.25) is 0 Å². The van der Waals surface area contributed by atoms with Gasteiger partial charge in [-0.3, -0.25) is 14.9 Å². The van der Waals surface area contributed by atoms with Crippen molar-refractivity contribution in [1.82, 2.24) is 0 Å². The molecule has 0 fully saturated rings. The van der Waals surface area contributed by atoms with Gasteiger partial charge in [0.2, 0.25) is 0 Å². The first kappa shape index (κ1) is 14.7. The number of hydrogen-bond acceptors (Lipinski definition) is 4. The third-order valence-corrected chi connectivity index (χ3v) is 3.29. The van der Waals surface area contributed by atoms with E-state index in [1.54, 1.807) is 6.07 Å². The summed E-state index contributed by atoms with van der Waals surface area (Å²) in [5.41, 5.74) is 2.09. The first-order valence-electron chi connectivity index (χ1n) is 6.68. The molecule has 2 rings (SSSR count). The number of nitro groups is 1. The van der Waals surface area contributed by atoms with Gasteiger partial charge in [-0.1, -0.05) is 30.3 Å². The van der Waals surface area contributed by atoms with Gasteiger partial charge in [0.05, 0.1) is 4.92 Å². The zero-order valence-electron chi connectivity index (χ0n) is 11.7. The Hall–Kier alpha value is -2.69. The second kappa shape index (κ2) is 6.65. The molecule has 2 aromatic carbocycles. The van der Waals surface area contributed by atoms with Crippen LogP contribution in [0.15, 0.2) is 48.5 Å². The number of hydrogen-bond donors (Lipinski definition) is 0. The van der Waals surface area contributed by atoms with Crippen molar-refractivity contribution in [2.75, 3.05) is 11.4 Å². The Labute approximate surface area is 123 Å². The van der Waals surface area contributed by atoms with Crippen LogP contribution in [0.3, 0.4) is 0 Å². The molecule has 0 aromatic heterocycles. The predicted octanol–water partition coefficient (Wildman–Crippen LogP) is 3.43. The van der Waals surface area contributed by atoms with Crippen LogP contribution in [0.4, 0.5) is 11.4 Å². The van der Waals surface area contributed by atoms with Crippen molar-refractivity contribution in [3.63, 3.8) is 0 Å². The maximum Gasteiger partial charge on any atom is 0.270 e. The summed E-state index contributed by atoms with van der Waals surface area (Å²) in [5, 5.41) is 10.8. The van der Waals surface area contributed by atoms with Gasteiger partial charge in [0.25, 0.3) is 5.69 Å². The fourth-order valence-electron chi connectivity index (χ4n) is 2.21. The zero-order chi connectivity index (χ0) is 15.2. The van der Waals surface area contributed by atoms with E-state index in [4.69, 9.17) is 0 Å². The Balaban J connectivity index is 2.33. The molecule has 2 aromatic rings. The Morgan fingerprint density at radius 3 is 2.48 bits per heavy atom. The molecule has 0 heterocycles. The number of nitro benzene ring substituents is 1. The summed E-state index contributed by atoms with van der Waals surface area (Å²) in [5.74, 6) is 0. The third kappa shape index (κ3) is 3.45. The van der Waals surface area contributed by atoms with Crippen molar-refractivity contribution in [2.45, 2.75) is 13.5 Å². The van der Waals surface area contributed by atoms with Gasteiger partial charge in [-0.15, -0.1) is 0 Å². The number of anilines is 1. The molecule has 0 atom stereocenters. The molecule has 0 aliphatic carbocycles. The first-order valence-corrected chi connectivity index (χ1v) is 6.68. The van der Waals surface area contributed by atoms with Gasteiger partial charge < -0.3 is 4.90 Å². The highest BCUT2D eigenvalue weighted by atomic mass is 16.6. The minimum atomic E-state index is -0.496. The third-order valence-electron chi connectivity index (χ3n) is 3.29. The Kier molecular flexibility index (Phi) is 4.66. The molecular formula is C16H16N2O3. The smallest absolute Gasteiger partial charge is 0.270 e. The lowest BCUT2D eigenvalue weighted by atomic mass is 10.1. The second-order valence-corrected chi connectivity index (χ2v) is 4.62. The summed E-state index contributed by atoms with van der Waals surface area (Å²) < 4.78 is 0. The average molecular weight is 284 g/mol. The lowest BCUT2D eigenvalue weighted by molar-refractivity contribution is -0.384. The van der Waals surface area contributed by atoms with Gasteiger partial charge >= 0.3 is 0 Å². The van der Waals surface area contributed by atoms with E-state index in [9.17, 15) is 14.9 Å². The number of nitrogens with zero attached hydrogens (tertiary/aromatic N) is 2. The topological polar surface area (TPSA) is 63.4 Å². The number of carbonyl (C=O) groups is 1. The molecule has 0 N–H and O–H groups in total. The minimum absolute atomic E-state index is 0.0726. The SMILES string of the molecule is CCN(Cc1ccccc1)c1ccc([N+](=O)[O-])cc1C=O. The molecule has 21 heavy (non-hydrogen) atoms. The summed E-state index contributed by atoms with van der Waals surface area (Å²) >= 11 is 0. The summed E-state index contributed by atoms with van der Waals surface area (Å²) in [6.45, 7) is 3.34. The first-order chi connectivity index (χ1) is 10.2. The minimum Gasteiger partial charge on any atom is -0.367 e. The largest absolute Gasteiger partial charge is 0.367 e. The van der Waals surface area contributed by atoms with Crippen molar-refractivity contribution >= 4 is 17.7 Å². The summed E-state index contributed by atoms with van der Waals surface area (Å²) in [4.78, 5) is 23.5. The molecular weight excluding hydrogens is 268 g/mol. The zero-order valence-corrected chi connectivity index (χ0v) is 11.7. The predicted molar refractivity (Wildman–Crippen MR) is 81.6 cm³/mol. The van der Waals surface area contributed by atoms with Crippen LogP contribution in [-0.2, 0) is 6.54 Å². The van der Waals surface area contributed by atoms with Crippen molar-refractivity contribution in [3.05, 3.63) is 69.8 Å². The molecule has 5 nitrogen and oxygen atoms in total. The van der Waals surface area contributed by atoms with Crippen LogP contribution < -0.4 is 4.90 Å². The van der Waals surface area contributed by atoms with Gasteiger partial charge in [-0.05, 0) is 18.6 Å². The van der Waals surface area contributed by atoms with Crippen molar-refractivity contribution in [3.8, 4) is 0 Å². The fraction of sp³-hybridized carbons (Fsp3) is 0.188. The van der Waals surface area contributed by atoms with Crippen LogP contribution in [0, 0.1) is 10.1 Å². The van der Waals surface area contributed by atoms with Gasteiger partial charge in [0.15, 0.2) is 6.29 Å². The molecule has 5 heteroatoms. The van der Waals surface area contributed by atoms with Gasteiger partial charge in [0, 0.05) is 36.5 Å². The van der Waals surface area contributed by atoms with E-state index in [2.05, 4.69) is 0 Å². The highest BCUT2D eigenvalue weighted by molar-refractivity contribution is 5.86. The molecule has 108 valence electrons. The lowest BCUT2D eigenvalue weighted by Gasteiger charge is -2.24. The number of non-ortho nitro benzene ring substituents is 1. The Morgan fingerprint density at radius 2 is 1.90 bits per heavy atom. The lowest BCUT2D eigenvalue weighted by Crippen LogP contribution is -2.23. The highest BCUT2D eigenvalue weighted by Gasteiger charge is 2.14. The van der Waals surface area contributed by atoms with E-state index < -0.39 is 4.92 Å². The van der Waals surface area contributed by atoms with E-state index in [0.29, 0.717) is 30.6 Å². The maximum atomic E-state index is 11.2. The Bertz CT molecular complexity index is 641. The summed E-state index contributed by atoms with van der Waals surface area (Å²) in [6, 6.07) is 14.3. The van der Waals surface area contributed by atoms with Crippen molar-refractivity contribution in [2.24, 2.45) is 0 Å². The van der Waals surface area contributed by atoms with Gasteiger partial charge in [-0.2, -0.15) is 0 Å². The van der Waals surface area contributed by atoms with Crippen LogP contribution in [0.5, 0.6) is 0 Å². The number of benzene rings is 2. The summed E-state index contributed by atoms with van der Waals surface area (Å²) in [6.07, 6.45) is 0.663. The second-order valence-electron chi connectivity index (χ2n) is 4.62. The highest BCUT2D eigenvalue weighted by Crippen LogP contribution is 2.25. The normalized spacial score (nSPS) is 10.1. The monoisotopic (exact) mass is 284 g/mol. The van der Waals surface area contributed by atoms with Gasteiger partial charge in [0.1, 0.15) is 0 Å². The molecule has 0 unspecified atom stereocenters. The van der Waals surface area contributed by atoms with Crippen LogP contribution in [-0.4, -0.2) is 17.8 Å².